The van der Waals surface area contributed by atoms with E-state index in [1.165, 1.54) is 18.2 Å². The Labute approximate surface area is 243 Å². The van der Waals surface area contributed by atoms with Crippen LogP contribution in [0.4, 0.5) is 18.9 Å². The van der Waals surface area contributed by atoms with Gasteiger partial charge in [-0.2, -0.15) is 13.2 Å². The second-order valence-electron chi connectivity index (χ2n) is 9.78. The quantitative estimate of drug-likeness (QED) is 0.236. The lowest BCUT2D eigenvalue weighted by Gasteiger charge is -2.28. The Morgan fingerprint density at radius 2 is 1.63 bits per heavy atom. The summed E-state index contributed by atoms with van der Waals surface area (Å²) in [7, 11) is 0. The molecule has 4 rings (SSSR count). The number of nitrogens with one attached hydrogen (secondary N) is 2. The average molecular weight is 612 g/mol. The van der Waals surface area contributed by atoms with Crippen LogP contribution in [0.3, 0.4) is 0 Å². The number of hydrogen-bond acceptors (Lipinski definition) is 5. The average Bonchev–Trinajstić information content (AvgIpc) is 3.35. The van der Waals surface area contributed by atoms with E-state index in [9.17, 15) is 27.6 Å². The minimum atomic E-state index is -5.02. The van der Waals surface area contributed by atoms with Gasteiger partial charge >= 0.3 is 12.1 Å². The van der Waals surface area contributed by atoms with Gasteiger partial charge in [0.1, 0.15) is 0 Å². The van der Waals surface area contributed by atoms with E-state index in [1.54, 1.807) is 12.1 Å². The van der Waals surface area contributed by atoms with Gasteiger partial charge in [0.25, 0.3) is 5.91 Å². The van der Waals surface area contributed by atoms with Gasteiger partial charge in [0, 0.05) is 25.1 Å². The van der Waals surface area contributed by atoms with Crippen molar-refractivity contribution in [3.8, 4) is 11.5 Å². The second kappa shape index (κ2) is 12.9. The number of anilines is 1. The molecule has 0 unspecified atom stereocenters. The summed E-state index contributed by atoms with van der Waals surface area (Å²) < 4.78 is 45.6. The number of amides is 2. The lowest BCUT2D eigenvalue weighted by Crippen LogP contribution is -2.29. The molecule has 0 radical (unpaired) electrons. The first kappa shape index (κ1) is 30.4. The molecule has 0 aliphatic heterocycles. The standard InChI is InChI=1S/C28H26Cl2F3N3O5/c29-19-2-1-3-20(30)23(19)27-36-24(25(41-27)28(31,32)33)26(40)34-13-12-21(37)35-18-10-8-17(9-11-18)16-6-4-15(5-7-16)14-22(38)39/h1-3,8-11,15-16H,4-7,12-14H2,(H,34,40)(H,35,37)(H,38,39)/t15-,16-. The van der Waals surface area contributed by atoms with Gasteiger partial charge in [-0.3, -0.25) is 14.4 Å². The van der Waals surface area contributed by atoms with Gasteiger partial charge in [-0.15, -0.1) is 0 Å². The maximum Gasteiger partial charge on any atom is 0.452 e. The zero-order valence-electron chi connectivity index (χ0n) is 21.6. The number of carboxylic acids is 1. The number of alkyl halides is 3. The van der Waals surface area contributed by atoms with E-state index in [1.807, 2.05) is 12.1 Å². The molecule has 1 aliphatic carbocycles. The largest absolute Gasteiger partial charge is 0.481 e. The molecular formula is C28H26Cl2F3N3O5. The highest BCUT2D eigenvalue weighted by molar-refractivity contribution is 6.38. The molecular weight excluding hydrogens is 586 g/mol. The van der Waals surface area contributed by atoms with Crippen molar-refractivity contribution in [2.75, 3.05) is 11.9 Å². The van der Waals surface area contributed by atoms with E-state index in [4.69, 9.17) is 32.7 Å². The smallest absolute Gasteiger partial charge is 0.452 e. The summed E-state index contributed by atoms with van der Waals surface area (Å²) in [6.07, 6.45) is -1.52. The molecule has 2 aromatic carbocycles. The van der Waals surface area contributed by atoms with Crippen LogP contribution in [0.5, 0.6) is 0 Å². The number of nitrogens with zero attached hydrogens (tertiary/aromatic N) is 1. The summed E-state index contributed by atoms with van der Waals surface area (Å²) in [5.41, 5.74) is 0.546. The van der Waals surface area contributed by atoms with Crippen molar-refractivity contribution < 1.29 is 37.1 Å². The van der Waals surface area contributed by atoms with E-state index in [0.717, 1.165) is 31.2 Å². The van der Waals surface area contributed by atoms with Crippen molar-refractivity contribution in [3.05, 3.63) is 69.5 Å². The maximum absolute atomic E-state index is 13.6. The maximum atomic E-state index is 13.6. The fourth-order valence-corrected chi connectivity index (χ4v) is 5.42. The first-order valence-electron chi connectivity index (χ1n) is 12.8. The van der Waals surface area contributed by atoms with E-state index in [2.05, 4.69) is 15.6 Å². The molecule has 3 aromatic rings. The molecule has 1 aliphatic rings. The molecule has 13 heteroatoms. The van der Waals surface area contributed by atoms with Crippen molar-refractivity contribution in [3.63, 3.8) is 0 Å². The van der Waals surface area contributed by atoms with Crippen LogP contribution in [-0.4, -0.2) is 34.4 Å². The zero-order chi connectivity index (χ0) is 29.7. The van der Waals surface area contributed by atoms with Crippen molar-refractivity contribution >= 4 is 46.7 Å². The van der Waals surface area contributed by atoms with E-state index < -0.39 is 41.3 Å². The zero-order valence-corrected chi connectivity index (χ0v) is 23.1. The Bertz CT molecular complexity index is 1400. The number of benzene rings is 2. The van der Waals surface area contributed by atoms with Crippen molar-refractivity contribution in [2.45, 2.75) is 50.6 Å². The monoisotopic (exact) mass is 611 g/mol. The highest BCUT2D eigenvalue weighted by Gasteiger charge is 2.42. The predicted molar refractivity (Wildman–Crippen MR) is 146 cm³/mol. The Morgan fingerprint density at radius 1 is 1.00 bits per heavy atom. The molecule has 3 N–H and O–H groups in total. The summed E-state index contributed by atoms with van der Waals surface area (Å²) in [6, 6.07) is 11.6. The van der Waals surface area contributed by atoms with Crippen LogP contribution in [-0.2, 0) is 15.8 Å². The van der Waals surface area contributed by atoms with Gasteiger partial charge in [-0.05, 0) is 67.3 Å². The van der Waals surface area contributed by atoms with E-state index in [-0.39, 0.29) is 40.9 Å². The summed E-state index contributed by atoms with van der Waals surface area (Å²) in [4.78, 5) is 39.6. The van der Waals surface area contributed by atoms with Crippen molar-refractivity contribution in [1.82, 2.24) is 10.3 Å². The third kappa shape index (κ3) is 7.80. The normalized spacial score (nSPS) is 17.2. The molecule has 8 nitrogen and oxygen atoms in total. The molecule has 1 aromatic heterocycles. The van der Waals surface area contributed by atoms with E-state index in [0.29, 0.717) is 11.6 Å². The second-order valence-corrected chi connectivity index (χ2v) is 10.6. The van der Waals surface area contributed by atoms with Crippen LogP contribution < -0.4 is 10.6 Å². The Hall–Kier alpha value is -3.57. The van der Waals surface area contributed by atoms with Crippen LogP contribution in [0, 0.1) is 5.92 Å². The van der Waals surface area contributed by atoms with Gasteiger partial charge in [0.15, 0.2) is 5.69 Å². The van der Waals surface area contributed by atoms with Crippen molar-refractivity contribution in [2.24, 2.45) is 5.92 Å². The number of carbonyl (C=O) groups excluding carboxylic acids is 2. The van der Waals surface area contributed by atoms with Gasteiger partial charge in [-0.25, -0.2) is 4.98 Å². The van der Waals surface area contributed by atoms with Gasteiger partial charge in [0.05, 0.1) is 15.6 Å². The van der Waals surface area contributed by atoms with Crippen LogP contribution in [0.1, 0.15) is 66.3 Å². The number of aromatic nitrogens is 1. The summed E-state index contributed by atoms with van der Waals surface area (Å²) in [6.45, 7) is -0.255. The summed E-state index contributed by atoms with van der Waals surface area (Å²) in [5, 5.41) is 13.9. The van der Waals surface area contributed by atoms with E-state index >= 15 is 0 Å². The predicted octanol–water partition coefficient (Wildman–Crippen LogP) is 7.17. The highest BCUT2D eigenvalue weighted by atomic mass is 35.5. The van der Waals surface area contributed by atoms with Crippen molar-refractivity contribution in [1.29, 1.82) is 0 Å². The number of halogens is 5. The topological polar surface area (TPSA) is 122 Å². The molecule has 1 heterocycles. The minimum Gasteiger partial charge on any atom is -0.481 e. The third-order valence-electron chi connectivity index (χ3n) is 6.89. The van der Waals surface area contributed by atoms with Crippen LogP contribution in [0.25, 0.3) is 11.5 Å². The molecule has 0 bridgehead atoms. The number of aliphatic carboxylic acids is 1. The third-order valence-corrected chi connectivity index (χ3v) is 7.52. The van der Waals surface area contributed by atoms with Crippen LogP contribution in [0.2, 0.25) is 10.0 Å². The lowest BCUT2D eigenvalue weighted by molar-refractivity contribution is -0.153. The summed E-state index contributed by atoms with van der Waals surface area (Å²) >= 11 is 12.1. The summed E-state index contributed by atoms with van der Waals surface area (Å²) in [5.74, 6) is -4.04. The number of carbonyl (C=O) groups is 3. The molecule has 41 heavy (non-hydrogen) atoms. The first-order valence-corrected chi connectivity index (χ1v) is 13.6. The molecule has 1 saturated carbocycles. The van der Waals surface area contributed by atoms with Crippen LogP contribution >= 0.6 is 23.2 Å². The fraction of sp³-hybridized carbons (Fsp3) is 0.357. The fourth-order valence-electron chi connectivity index (χ4n) is 4.86. The number of oxazole rings is 1. The number of carboxylic acid groups (broad SMARTS) is 1. The van der Waals surface area contributed by atoms with Gasteiger partial charge in [-0.1, -0.05) is 41.4 Å². The molecule has 1 fully saturated rings. The first-order chi connectivity index (χ1) is 19.4. The molecule has 218 valence electrons. The SMILES string of the molecule is O=C(O)C[C@H]1CC[C@H](c2ccc(NC(=O)CCNC(=O)c3nc(-c4c(Cl)cccc4Cl)oc3C(F)(F)F)cc2)CC1. The van der Waals surface area contributed by atoms with Gasteiger partial charge < -0.3 is 20.2 Å². The Morgan fingerprint density at radius 3 is 2.22 bits per heavy atom. The van der Waals surface area contributed by atoms with Gasteiger partial charge in [0.2, 0.25) is 17.6 Å². The molecule has 0 atom stereocenters. The minimum absolute atomic E-state index is 0.00717. The highest BCUT2D eigenvalue weighted by Crippen LogP contribution is 2.40. The Balaban J connectivity index is 1.31. The number of rotatable bonds is 9. The lowest BCUT2D eigenvalue weighted by atomic mass is 9.77. The van der Waals surface area contributed by atoms with Crippen LogP contribution in [0.15, 0.2) is 46.9 Å². The molecule has 0 saturated heterocycles. The molecule has 2 amide bonds. The Kier molecular flexibility index (Phi) is 9.60. The molecule has 0 spiro atoms. The number of hydrogen-bond donors (Lipinski definition) is 3.